The van der Waals surface area contributed by atoms with Gasteiger partial charge in [-0.15, -0.1) is 0 Å². The molecule has 0 spiro atoms. The zero-order valence-electron chi connectivity index (χ0n) is 15.9. The molecular formula is C19H27N3O3. The number of aryl methyl sites for hydroxylation is 2. The Hall–Kier alpha value is -2.50. The van der Waals surface area contributed by atoms with E-state index in [1.165, 1.54) is 0 Å². The lowest BCUT2D eigenvalue weighted by molar-refractivity contribution is -0.130. The Labute approximate surface area is 149 Å². The highest BCUT2D eigenvalue weighted by Gasteiger charge is 2.18. The second-order valence-corrected chi connectivity index (χ2v) is 6.05. The summed E-state index contributed by atoms with van der Waals surface area (Å²) in [6.07, 6.45) is 0.368. The van der Waals surface area contributed by atoms with Crippen molar-refractivity contribution in [2.45, 2.75) is 33.7 Å². The number of hydrogen-bond acceptors (Lipinski definition) is 4. The highest BCUT2D eigenvalue weighted by atomic mass is 16.5. The van der Waals surface area contributed by atoms with Crippen molar-refractivity contribution in [1.29, 1.82) is 0 Å². The van der Waals surface area contributed by atoms with Gasteiger partial charge < -0.3 is 14.4 Å². The summed E-state index contributed by atoms with van der Waals surface area (Å²) in [7, 11) is 5.12. The Morgan fingerprint density at radius 1 is 1.20 bits per heavy atom. The molecule has 6 nitrogen and oxygen atoms in total. The third kappa shape index (κ3) is 4.13. The molecule has 1 heterocycles. The Balaban J connectivity index is 2.15. The molecule has 0 saturated carbocycles. The fourth-order valence-corrected chi connectivity index (χ4v) is 2.91. The van der Waals surface area contributed by atoms with Crippen molar-refractivity contribution < 1.29 is 14.3 Å². The molecule has 1 amide bonds. The van der Waals surface area contributed by atoms with Crippen LogP contribution in [0.1, 0.15) is 29.4 Å². The average molecular weight is 345 g/mol. The van der Waals surface area contributed by atoms with E-state index in [2.05, 4.69) is 5.10 Å². The predicted octanol–water partition coefficient (Wildman–Crippen LogP) is 2.65. The fraction of sp³-hybridized carbons (Fsp3) is 0.474. The Morgan fingerprint density at radius 3 is 2.40 bits per heavy atom. The van der Waals surface area contributed by atoms with Gasteiger partial charge in [0, 0.05) is 31.4 Å². The van der Waals surface area contributed by atoms with Crippen molar-refractivity contribution in [3.63, 3.8) is 0 Å². The SMILES string of the molecule is CCN(Cc1ccc(OC)c(OC)c1)C(=O)Cc1c(C)nn(C)c1C. The molecule has 136 valence electrons. The number of nitrogens with zero attached hydrogens (tertiary/aromatic N) is 3. The Bertz CT molecular complexity index is 753. The van der Waals surface area contributed by atoms with Gasteiger partial charge in [0.2, 0.25) is 5.91 Å². The number of carbonyl (C=O) groups is 1. The summed E-state index contributed by atoms with van der Waals surface area (Å²) in [4.78, 5) is 14.6. The molecule has 0 fully saturated rings. The topological polar surface area (TPSA) is 56.6 Å². The molecule has 0 atom stereocenters. The van der Waals surface area contributed by atoms with Crippen molar-refractivity contribution in [3.8, 4) is 11.5 Å². The second kappa shape index (κ2) is 8.05. The minimum atomic E-state index is 0.0940. The van der Waals surface area contributed by atoms with Crippen LogP contribution in [0.15, 0.2) is 18.2 Å². The summed E-state index contributed by atoms with van der Waals surface area (Å²) >= 11 is 0. The number of aromatic nitrogens is 2. The van der Waals surface area contributed by atoms with E-state index in [1.54, 1.807) is 14.2 Å². The van der Waals surface area contributed by atoms with Crippen molar-refractivity contribution in [1.82, 2.24) is 14.7 Å². The minimum Gasteiger partial charge on any atom is -0.493 e. The summed E-state index contributed by atoms with van der Waals surface area (Å²) in [5.74, 6) is 1.45. The third-order valence-electron chi connectivity index (χ3n) is 4.54. The van der Waals surface area contributed by atoms with Crippen LogP contribution in [-0.2, 0) is 24.8 Å². The zero-order valence-corrected chi connectivity index (χ0v) is 15.9. The van der Waals surface area contributed by atoms with Crippen molar-refractivity contribution >= 4 is 5.91 Å². The quantitative estimate of drug-likeness (QED) is 0.774. The highest BCUT2D eigenvalue weighted by molar-refractivity contribution is 5.79. The molecule has 0 aliphatic heterocycles. The summed E-state index contributed by atoms with van der Waals surface area (Å²) in [6.45, 7) is 7.11. The van der Waals surface area contributed by atoms with E-state index in [0.29, 0.717) is 31.0 Å². The number of benzene rings is 1. The Kier molecular flexibility index (Phi) is 6.07. The van der Waals surface area contributed by atoms with E-state index in [4.69, 9.17) is 9.47 Å². The molecule has 0 bridgehead atoms. The van der Waals surface area contributed by atoms with Crippen LogP contribution in [0, 0.1) is 13.8 Å². The van der Waals surface area contributed by atoms with E-state index in [9.17, 15) is 4.79 Å². The summed E-state index contributed by atoms with van der Waals surface area (Å²) in [5.41, 5.74) is 3.97. The molecule has 0 N–H and O–H groups in total. The predicted molar refractivity (Wildman–Crippen MR) is 97.0 cm³/mol. The van der Waals surface area contributed by atoms with Crippen LogP contribution in [0.5, 0.6) is 11.5 Å². The number of amides is 1. The van der Waals surface area contributed by atoms with E-state index < -0.39 is 0 Å². The third-order valence-corrected chi connectivity index (χ3v) is 4.54. The molecular weight excluding hydrogens is 318 g/mol. The molecule has 0 aliphatic carbocycles. The van der Waals surface area contributed by atoms with Gasteiger partial charge in [-0.2, -0.15) is 5.10 Å². The minimum absolute atomic E-state index is 0.0940. The number of carbonyl (C=O) groups excluding carboxylic acids is 1. The first-order valence-electron chi connectivity index (χ1n) is 8.39. The molecule has 0 unspecified atom stereocenters. The lowest BCUT2D eigenvalue weighted by Crippen LogP contribution is -2.31. The maximum atomic E-state index is 12.8. The largest absolute Gasteiger partial charge is 0.493 e. The second-order valence-electron chi connectivity index (χ2n) is 6.05. The summed E-state index contributed by atoms with van der Waals surface area (Å²) < 4.78 is 12.4. The monoisotopic (exact) mass is 345 g/mol. The number of rotatable bonds is 7. The molecule has 1 aromatic carbocycles. The van der Waals surface area contributed by atoms with Gasteiger partial charge in [-0.25, -0.2) is 0 Å². The maximum absolute atomic E-state index is 12.8. The summed E-state index contributed by atoms with van der Waals surface area (Å²) in [6, 6.07) is 5.73. The van der Waals surface area contributed by atoms with Crippen LogP contribution in [0.3, 0.4) is 0 Å². The van der Waals surface area contributed by atoms with Crippen molar-refractivity contribution in [2.24, 2.45) is 7.05 Å². The number of likely N-dealkylation sites (N-methyl/N-ethyl adjacent to an activating group) is 1. The first kappa shape index (κ1) is 18.8. The van der Waals surface area contributed by atoms with Gasteiger partial charge in [0.05, 0.1) is 26.3 Å². The van der Waals surface area contributed by atoms with Crippen LogP contribution >= 0.6 is 0 Å². The first-order chi connectivity index (χ1) is 11.9. The Morgan fingerprint density at radius 2 is 1.88 bits per heavy atom. The van der Waals surface area contributed by atoms with Crippen molar-refractivity contribution in [2.75, 3.05) is 20.8 Å². The van der Waals surface area contributed by atoms with Gasteiger partial charge in [0.1, 0.15) is 0 Å². The number of hydrogen-bond donors (Lipinski definition) is 0. The molecule has 2 aromatic rings. The van der Waals surface area contributed by atoms with Gasteiger partial charge in [0.25, 0.3) is 0 Å². The average Bonchev–Trinajstić information content (AvgIpc) is 2.85. The van der Waals surface area contributed by atoms with Crippen LogP contribution in [0.2, 0.25) is 0 Å². The zero-order chi connectivity index (χ0) is 18.6. The van der Waals surface area contributed by atoms with Gasteiger partial charge >= 0.3 is 0 Å². The number of methoxy groups -OCH3 is 2. The van der Waals surface area contributed by atoms with Crippen LogP contribution < -0.4 is 9.47 Å². The first-order valence-corrected chi connectivity index (χ1v) is 8.39. The molecule has 25 heavy (non-hydrogen) atoms. The molecule has 0 radical (unpaired) electrons. The maximum Gasteiger partial charge on any atom is 0.227 e. The lowest BCUT2D eigenvalue weighted by atomic mass is 10.1. The van der Waals surface area contributed by atoms with E-state index >= 15 is 0 Å². The van der Waals surface area contributed by atoms with E-state index in [1.807, 2.05) is 55.6 Å². The fourth-order valence-electron chi connectivity index (χ4n) is 2.91. The van der Waals surface area contributed by atoms with Crippen molar-refractivity contribution in [3.05, 3.63) is 40.7 Å². The smallest absolute Gasteiger partial charge is 0.227 e. The van der Waals surface area contributed by atoms with E-state index in [0.717, 1.165) is 22.5 Å². The lowest BCUT2D eigenvalue weighted by Gasteiger charge is -2.22. The highest BCUT2D eigenvalue weighted by Crippen LogP contribution is 2.28. The summed E-state index contributed by atoms with van der Waals surface area (Å²) in [5, 5.41) is 4.39. The van der Waals surface area contributed by atoms with Gasteiger partial charge in [-0.3, -0.25) is 9.48 Å². The standard InChI is InChI=1S/C19H27N3O3/c1-7-22(12-15-8-9-17(24-5)18(10-15)25-6)19(23)11-16-13(2)20-21(4)14(16)3/h8-10H,7,11-12H2,1-6H3. The molecule has 2 rings (SSSR count). The molecule has 1 aromatic heterocycles. The normalized spacial score (nSPS) is 10.6. The van der Waals surface area contributed by atoms with Gasteiger partial charge in [-0.05, 0) is 38.5 Å². The van der Waals surface area contributed by atoms with Crippen LogP contribution in [0.4, 0.5) is 0 Å². The molecule has 0 saturated heterocycles. The van der Waals surface area contributed by atoms with Gasteiger partial charge in [0.15, 0.2) is 11.5 Å². The van der Waals surface area contributed by atoms with E-state index in [-0.39, 0.29) is 5.91 Å². The molecule has 0 aliphatic rings. The molecule has 6 heteroatoms. The van der Waals surface area contributed by atoms with Gasteiger partial charge in [-0.1, -0.05) is 6.07 Å². The number of ether oxygens (including phenoxy) is 2. The van der Waals surface area contributed by atoms with Crippen LogP contribution in [0.25, 0.3) is 0 Å². The van der Waals surface area contributed by atoms with Crippen LogP contribution in [-0.4, -0.2) is 41.4 Å².